The van der Waals surface area contributed by atoms with Crippen LogP contribution in [0.3, 0.4) is 0 Å². The number of nitro benzene ring substituents is 1. The first-order chi connectivity index (χ1) is 12.3. The standard InChI is InChI=1S/C18H16F2N2O4/c19-14-9-13(10-15(20)16(14)22(24)25)26-12-5-3-11(4-6-12)18(17(21)23)7-1-2-8-18/h3-6,9-10H,1-2,7-8H2,(H2,21,23). The summed E-state index contributed by atoms with van der Waals surface area (Å²) in [6.07, 6.45) is 3.20. The average molecular weight is 362 g/mol. The third kappa shape index (κ3) is 3.10. The topological polar surface area (TPSA) is 95.5 Å². The zero-order valence-corrected chi connectivity index (χ0v) is 13.7. The Labute approximate surface area is 147 Å². The van der Waals surface area contributed by atoms with Crippen LogP contribution >= 0.6 is 0 Å². The van der Waals surface area contributed by atoms with Crippen LogP contribution in [-0.4, -0.2) is 10.8 Å². The number of halogens is 2. The van der Waals surface area contributed by atoms with Gasteiger partial charge in [-0.25, -0.2) is 0 Å². The summed E-state index contributed by atoms with van der Waals surface area (Å²) in [5.74, 6) is -2.94. The third-order valence-corrected chi connectivity index (χ3v) is 4.74. The van der Waals surface area contributed by atoms with Crippen LogP contribution in [0.1, 0.15) is 31.2 Å². The lowest BCUT2D eigenvalue weighted by Gasteiger charge is -2.25. The quantitative estimate of drug-likeness (QED) is 0.643. The van der Waals surface area contributed by atoms with Gasteiger partial charge < -0.3 is 10.5 Å². The molecule has 1 aliphatic rings. The Hall–Kier alpha value is -3.03. The number of nitrogens with two attached hydrogens (primary N) is 1. The van der Waals surface area contributed by atoms with E-state index in [1.807, 2.05) is 0 Å². The van der Waals surface area contributed by atoms with Crippen LogP contribution in [-0.2, 0) is 10.2 Å². The summed E-state index contributed by atoms with van der Waals surface area (Å²) in [6.45, 7) is 0. The molecule has 0 unspecified atom stereocenters. The summed E-state index contributed by atoms with van der Waals surface area (Å²) in [5, 5.41) is 10.6. The van der Waals surface area contributed by atoms with Gasteiger partial charge in [0, 0.05) is 12.1 Å². The molecule has 26 heavy (non-hydrogen) atoms. The highest BCUT2D eigenvalue weighted by atomic mass is 19.1. The number of hydrogen-bond acceptors (Lipinski definition) is 4. The summed E-state index contributed by atoms with van der Waals surface area (Å²) in [7, 11) is 0. The number of primary amides is 1. The highest BCUT2D eigenvalue weighted by Gasteiger charge is 2.41. The van der Waals surface area contributed by atoms with E-state index in [0.29, 0.717) is 12.8 Å². The van der Waals surface area contributed by atoms with Crippen LogP contribution in [0.15, 0.2) is 36.4 Å². The number of carbonyl (C=O) groups excluding carboxylic acids is 1. The van der Waals surface area contributed by atoms with Crippen molar-refractivity contribution in [1.29, 1.82) is 0 Å². The van der Waals surface area contributed by atoms with Crippen LogP contribution in [0.4, 0.5) is 14.5 Å². The Bertz CT molecular complexity index is 839. The normalized spacial score (nSPS) is 15.6. The fourth-order valence-electron chi connectivity index (χ4n) is 3.41. The molecule has 2 N–H and O–H groups in total. The van der Waals surface area contributed by atoms with Crippen LogP contribution in [0.5, 0.6) is 11.5 Å². The number of nitrogens with zero attached hydrogens (tertiary/aromatic N) is 1. The van der Waals surface area contributed by atoms with Crippen molar-refractivity contribution in [3.05, 3.63) is 63.7 Å². The van der Waals surface area contributed by atoms with Crippen LogP contribution < -0.4 is 10.5 Å². The molecule has 0 bridgehead atoms. The molecule has 2 aromatic rings. The molecular formula is C18H16F2N2O4. The van der Waals surface area contributed by atoms with Gasteiger partial charge in [0.15, 0.2) is 0 Å². The molecule has 136 valence electrons. The summed E-state index contributed by atoms with van der Waals surface area (Å²) < 4.78 is 32.7. The predicted octanol–water partition coefficient (Wildman–Crippen LogP) is 3.96. The highest BCUT2D eigenvalue weighted by molar-refractivity contribution is 5.87. The van der Waals surface area contributed by atoms with Crippen LogP contribution in [0, 0.1) is 21.7 Å². The maximum absolute atomic E-state index is 13.7. The second kappa shape index (κ2) is 6.70. The molecule has 1 fully saturated rings. The number of amides is 1. The molecule has 6 nitrogen and oxygen atoms in total. The second-order valence-corrected chi connectivity index (χ2v) is 6.27. The van der Waals surface area contributed by atoms with E-state index in [0.717, 1.165) is 30.5 Å². The summed E-state index contributed by atoms with van der Waals surface area (Å²) >= 11 is 0. The van der Waals surface area contributed by atoms with Crippen molar-refractivity contribution in [3.63, 3.8) is 0 Å². The molecule has 2 aromatic carbocycles. The molecule has 0 spiro atoms. The molecule has 0 radical (unpaired) electrons. The SMILES string of the molecule is NC(=O)C1(c2ccc(Oc3cc(F)c([N+](=O)[O-])c(F)c3)cc2)CCCC1. The summed E-state index contributed by atoms with van der Waals surface area (Å²) in [5.41, 5.74) is 4.45. The highest BCUT2D eigenvalue weighted by Crippen LogP contribution is 2.41. The maximum atomic E-state index is 13.7. The van der Waals surface area contributed by atoms with E-state index in [4.69, 9.17) is 10.5 Å². The first kappa shape index (κ1) is 17.8. The van der Waals surface area contributed by atoms with Gasteiger partial charge in [-0.05, 0) is 30.5 Å². The first-order valence-electron chi connectivity index (χ1n) is 8.05. The Morgan fingerprint density at radius 3 is 2.08 bits per heavy atom. The van der Waals surface area contributed by atoms with Crippen molar-refractivity contribution in [2.24, 2.45) is 5.73 Å². The van der Waals surface area contributed by atoms with E-state index in [-0.39, 0.29) is 17.4 Å². The fourth-order valence-corrected chi connectivity index (χ4v) is 3.41. The second-order valence-electron chi connectivity index (χ2n) is 6.27. The molecule has 0 saturated heterocycles. The molecule has 1 saturated carbocycles. The first-order valence-corrected chi connectivity index (χ1v) is 8.05. The van der Waals surface area contributed by atoms with Crippen LogP contribution in [0.2, 0.25) is 0 Å². The molecule has 1 amide bonds. The van der Waals surface area contributed by atoms with Gasteiger partial charge in [-0.2, -0.15) is 8.78 Å². The van der Waals surface area contributed by atoms with Crippen molar-refractivity contribution in [2.45, 2.75) is 31.1 Å². The maximum Gasteiger partial charge on any atom is 0.340 e. The Morgan fingerprint density at radius 1 is 1.08 bits per heavy atom. The Morgan fingerprint density at radius 2 is 1.62 bits per heavy atom. The molecule has 0 aromatic heterocycles. The Kier molecular flexibility index (Phi) is 4.58. The number of carbonyl (C=O) groups is 1. The van der Waals surface area contributed by atoms with Gasteiger partial charge in [0.05, 0.1) is 10.3 Å². The lowest BCUT2D eigenvalue weighted by atomic mass is 9.78. The summed E-state index contributed by atoms with van der Waals surface area (Å²) in [4.78, 5) is 21.4. The lowest BCUT2D eigenvalue weighted by Crippen LogP contribution is -2.38. The van der Waals surface area contributed by atoms with E-state index in [1.54, 1.807) is 24.3 Å². The van der Waals surface area contributed by atoms with Crippen molar-refractivity contribution >= 4 is 11.6 Å². The minimum Gasteiger partial charge on any atom is -0.457 e. The van der Waals surface area contributed by atoms with E-state index >= 15 is 0 Å². The van der Waals surface area contributed by atoms with Crippen molar-refractivity contribution < 1.29 is 23.2 Å². The third-order valence-electron chi connectivity index (χ3n) is 4.74. The number of rotatable bonds is 5. The van der Waals surface area contributed by atoms with Crippen molar-refractivity contribution in [1.82, 2.24) is 0 Å². The van der Waals surface area contributed by atoms with Crippen LogP contribution in [0.25, 0.3) is 0 Å². The van der Waals surface area contributed by atoms with Gasteiger partial charge >= 0.3 is 5.69 Å². The minimum absolute atomic E-state index is 0.205. The predicted molar refractivity (Wildman–Crippen MR) is 88.9 cm³/mol. The van der Waals surface area contributed by atoms with Gasteiger partial charge in [0.2, 0.25) is 17.5 Å². The zero-order chi connectivity index (χ0) is 18.9. The molecular weight excluding hydrogens is 346 g/mol. The zero-order valence-electron chi connectivity index (χ0n) is 13.7. The minimum atomic E-state index is -1.32. The van der Waals surface area contributed by atoms with Gasteiger partial charge in [-0.1, -0.05) is 25.0 Å². The van der Waals surface area contributed by atoms with E-state index < -0.39 is 27.7 Å². The molecule has 8 heteroatoms. The molecule has 3 rings (SSSR count). The van der Waals surface area contributed by atoms with Crippen molar-refractivity contribution in [2.75, 3.05) is 0 Å². The largest absolute Gasteiger partial charge is 0.457 e. The van der Waals surface area contributed by atoms with E-state index in [2.05, 4.69) is 0 Å². The Balaban J connectivity index is 1.84. The molecule has 0 aliphatic heterocycles. The smallest absolute Gasteiger partial charge is 0.340 e. The number of ether oxygens (including phenoxy) is 1. The molecule has 1 aliphatic carbocycles. The van der Waals surface area contributed by atoms with E-state index in [9.17, 15) is 23.7 Å². The van der Waals surface area contributed by atoms with E-state index in [1.165, 1.54) is 0 Å². The molecule has 0 atom stereocenters. The lowest BCUT2D eigenvalue weighted by molar-refractivity contribution is -0.390. The van der Waals surface area contributed by atoms with Gasteiger partial charge in [-0.15, -0.1) is 0 Å². The number of hydrogen-bond donors (Lipinski definition) is 1. The monoisotopic (exact) mass is 362 g/mol. The number of nitro groups is 1. The van der Waals surface area contributed by atoms with Gasteiger partial charge in [0.1, 0.15) is 11.5 Å². The van der Waals surface area contributed by atoms with Gasteiger partial charge in [-0.3, -0.25) is 14.9 Å². The summed E-state index contributed by atoms with van der Waals surface area (Å²) in [6, 6.07) is 8.02. The number of benzene rings is 2. The van der Waals surface area contributed by atoms with Crippen molar-refractivity contribution in [3.8, 4) is 11.5 Å². The van der Waals surface area contributed by atoms with Gasteiger partial charge in [0.25, 0.3) is 0 Å². The molecule has 0 heterocycles. The fraction of sp³-hybridized carbons (Fsp3) is 0.278. The average Bonchev–Trinajstić information content (AvgIpc) is 3.05.